The number of benzene rings is 1. The summed E-state index contributed by atoms with van der Waals surface area (Å²) in [7, 11) is 0. The first kappa shape index (κ1) is 14.8. The van der Waals surface area contributed by atoms with Crippen molar-refractivity contribution in [2.75, 3.05) is 0 Å². The van der Waals surface area contributed by atoms with Gasteiger partial charge in [0.05, 0.1) is 4.83 Å². The van der Waals surface area contributed by atoms with Crippen molar-refractivity contribution in [3.8, 4) is 0 Å². The Morgan fingerprint density at radius 3 is 2.30 bits per heavy atom. The third-order valence-corrected chi connectivity index (χ3v) is 7.41. The average Bonchev–Trinajstić information content (AvgIpc) is 2.94. The summed E-state index contributed by atoms with van der Waals surface area (Å²) in [5.74, 6) is 0.792. The lowest BCUT2D eigenvalue weighted by Crippen LogP contribution is -2.04. The molecule has 0 aliphatic heterocycles. The minimum atomic E-state index is 0.289. The number of rotatable bonds is 3. The first-order chi connectivity index (χ1) is 9.75. The molecule has 1 fully saturated rings. The van der Waals surface area contributed by atoms with Gasteiger partial charge in [0, 0.05) is 9.35 Å². The van der Waals surface area contributed by atoms with Crippen molar-refractivity contribution in [1.29, 1.82) is 0 Å². The molecule has 0 nitrogen and oxygen atoms in total. The Hall–Kier alpha value is -0.120. The number of thiophene rings is 1. The summed E-state index contributed by atoms with van der Waals surface area (Å²) < 4.78 is 1.20. The predicted molar refractivity (Wildman–Crippen MR) is 95.1 cm³/mol. The van der Waals surface area contributed by atoms with Crippen molar-refractivity contribution in [1.82, 2.24) is 0 Å². The number of hydrogen-bond donors (Lipinski definition) is 0. The highest BCUT2D eigenvalue weighted by Crippen LogP contribution is 2.40. The molecule has 106 valence electrons. The maximum Gasteiger partial charge on any atom is 0.0749 e. The molecule has 1 aliphatic rings. The second-order valence-corrected chi connectivity index (χ2v) is 8.21. The molecule has 1 aromatic heterocycles. The standard InChI is InChI=1S/C17H18Br2S/c18-15-10-11-20-17(15)16(19)14-8-6-13(7-9-14)12-4-2-1-3-5-12/h6-12,16H,1-5H2. The Morgan fingerprint density at radius 1 is 1.00 bits per heavy atom. The number of hydrogen-bond acceptors (Lipinski definition) is 1. The second-order valence-electron chi connectivity index (χ2n) is 5.50. The molecule has 0 spiro atoms. The van der Waals surface area contributed by atoms with Crippen LogP contribution in [0.2, 0.25) is 0 Å². The third kappa shape index (κ3) is 3.20. The fourth-order valence-electron chi connectivity index (χ4n) is 3.01. The van der Waals surface area contributed by atoms with Crippen LogP contribution < -0.4 is 0 Å². The van der Waals surface area contributed by atoms with E-state index in [1.54, 1.807) is 11.3 Å². The van der Waals surface area contributed by atoms with Crippen molar-refractivity contribution >= 4 is 43.2 Å². The summed E-state index contributed by atoms with van der Waals surface area (Å²) in [5, 5.41) is 2.13. The van der Waals surface area contributed by atoms with Gasteiger partial charge in [0.2, 0.25) is 0 Å². The summed E-state index contributed by atoms with van der Waals surface area (Å²) in [6, 6.07) is 11.4. The molecule has 3 heteroatoms. The smallest absolute Gasteiger partial charge is 0.0749 e. The lowest BCUT2D eigenvalue weighted by molar-refractivity contribution is 0.443. The van der Waals surface area contributed by atoms with Gasteiger partial charge in [-0.2, -0.15) is 0 Å². The van der Waals surface area contributed by atoms with Gasteiger partial charge < -0.3 is 0 Å². The van der Waals surface area contributed by atoms with Crippen LogP contribution in [0.5, 0.6) is 0 Å². The molecule has 2 aromatic rings. The Labute approximate surface area is 141 Å². The zero-order valence-electron chi connectivity index (χ0n) is 11.3. The van der Waals surface area contributed by atoms with Crippen LogP contribution in [0.4, 0.5) is 0 Å². The van der Waals surface area contributed by atoms with Gasteiger partial charge in [0.15, 0.2) is 0 Å². The van der Waals surface area contributed by atoms with Crippen LogP contribution >= 0.6 is 43.2 Å². The summed E-state index contributed by atoms with van der Waals surface area (Å²) in [6.45, 7) is 0. The highest BCUT2D eigenvalue weighted by Gasteiger charge is 2.18. The molecule has 1 aliphatic carbocycles. The Bertz CT molecular complexity index is 553. The van der Waals surface area contributed by atoms with Crippen molar-refractivity contribution in [3.63, 3.8) is 0 Å². The van der Waals surface area contributed by atoms with Crippen LogP contribution in [-0.2, 0) is 0 Å². The largest absolute Gasteiger partial charge is 0.146 e. The van der Waals surface area contributed by atoms with Gasteiger partial charge in [-0.25, -0.2) is 0 Å². The van der Waals surface area contributed by atoms with Crippen molar-refractivity contribution in [2.24, 2.45) is 0 Å². The molecule has 20 heavy (non-hydrogen) atoms. The fraction of sp³-hybridized carbons (Fsp3) is 0.412. The van der Waals surface area contributed by atoms with E-state index in [2.05, 4.69) is 67.6 Å². The monoisotopic (exact) mass is 412 g/mol. The summed E-state index contributed by atoms with van der Waals surface area (Å²) in [4.78, 5) is 1.63. The van der Waals surface area contributed by atoms with Gasteiger partial charge in [0.25, 0.3) is 0 Å². The minimum Gasteiger partial charge on any atom is -0.146 e. The van der Waals surface area contributed by atoms with Crippen LogP contribution in [-0.4, -0.2) is 0 Å². The van der Waals surface area contributed by atoms with Crippen LogP contribution in [0.25, 0.3) is 0 Å². The molecular weight excluding hydrogens is 396 g/mol. The van der Waals surface area contributed by atoms with Crippen molar-refractivity contribution in [2.45, 2.75) is 42.8 Å². The highest BCUT2D eigenvalue weighted by atomic mass is 79.9. The Kier molecular flexibility index (Phi) is 5.00. The Morgan fingerprint density at radius 2 is 1.70 bits per heavy atom. The van der Waals surface area contributed by atoms with E-state index in [9.17, 15) is 0 Å². The quantitative estimate of drug-likeness (QED) is 0.473. The Balaban J connectivity index is 1.77. The number of alkyl halides is 1. The molecule has 1 heterocycles. The SMILES string of the molecule is Brc1ccsc1C(Br)c1ccc(C2CCCCC2)cc1. The van der Waals surface area contributed by atoms with E-state index in [0.29, 0.717) is 0 Å². The molecule has 0 N–H and O–H groups in total. The van der Waals surface area contributed by atoms with Crippen LogP contribution in [0.1, 0.15) is 58.9 Å². The average molecular weight is 414 g/mol. The molecule has 1 saturated carbocycles. The molecule has 1 atom stereocenters. The molecular formula is C17H18Br2S. The zero-order valence-corrected chi connectivity index (χ0v) is 15.3. The van der Waals surface area contributed by atoms with Crippen molar-refractivity contribution < 1.29 is 0 Å². The predicted octanol–water partition coefficient (Wildman–Crippen LogP) is 7.04. The lowest BCUT2D eigenvalue weighted by atomic mass is 9.84. The molecule has 3 rings (SSSR count). The first-order valence-electron chi connectivity index (χ1n) is 7.22. The minimum absolute atomic E-state index is 0.289. The van der Waals surface area contributed by atoms with Crippen LogP contribution in [0.15, 0.2) is 40.2 Å². The molecule has 1 unspecified atom stereocenters. The molecule has 1 aromatic carbocycles. The molecule has 0 saturated heterocycles. The van der Waals surface area contributed by atoms with E-state index in [4.69, 9.17) is 0 Å². The molecule has 0 amide bonds. The normalized spacial score (nSPS) is 18.1. The molecule has 0 bridgehead atoms. The van der Waals surface area contributed by atoms with Crippen LogP contribution in [0.3, 0.4) is 0 Å². The molecule has 0 radical (unpaired) electrons. The first-order valence-corrected chi connectivity index (χ1v) is 9.81. The summed E-state index contributed by atoms with van der Waals surface area (Å²) >= 11 is 9.24. The second kappa shape index (κ2) is 6.76. The van der Waals surface area contributed by atoms with Gasteiger partial charge >= 0.3 is 0 Å². The fourth-order valence-corrected chi connectivity index (χ4v) is 5.80. The third-order valence-electron chi connectivity index (χ3n) is 4.18. The van der Waals surface area contributed by atoms with E-state index >= 15 is 0 Å². The van der Waals surface area contributed by atoms with E-state index < -0.39 is 0 Å². The van der Waals surface area contributed by atoms with E-state index in [0.717, 1.165) is 5.92 Å². The van der Waals surface area contributed by atoms with E-state index in [-0.39, 0.29) is 4.83 Å². The van der Waals surface area contributed by atoms with Gasteiger partial charge in [-0.15, -0.1) is 11.3 Å². The topological polar surface area (TPSA) is 0 Å². The lowest BCUT2D eigenvalue weighted by Gasteiger charge is -2.22. The maximum absolute atomic E-state index is 3.83. The number of halogens is 2. The van der Waals surface area contributed by atoms with Crippen molar-refractivity contribution in [3.05, 3.63) is 56.2 Å². The van der Waals surface area contributed by atoms with E-state index in [1.165, 1.54) is 52.6 Å². The summed E-state index contributed by atoms with van der Waals surface area (Å²) in [5.41, 5.74) is 2.87. The van der Waals surface area contributed by atoms with E-state index in [1.807, 2.05) is 0 Å². The maximum atomic E-state index is 3.83. The van der Waals surface area contributed by atoms with Gasteiger partial charge in [-0.05, 0) is 57.3 Å². The van der Waals surface area contributed by atoms with Crippen LogP contribution in [0, 0.1) is 0 Å². The van der Waals surface area contributed by atoms with Gasteiger partial charge in [-0.3, -0.25) is 0 Å². The zero-order chi connectivity index (χ0) is 13.9. The summed E-state index contributed by atoms with van der Waals surface area (Å²) in [6.07, 6.45) is 6.96. The van der Waals surface area contributed by atoms with Gasteiger partial charge in [0.1, 0.15) is 0 Å². The van der Waals surface area contributed by atoms with Gasteiger partial charge in [-0.1, -0.05) is 59.5 Å². The highest BCUT2D eigenvalue weighted by molar-refractivity contribution is 9.11.